The zero-order valence-electron chi connectivity index (χ0n) is 15.4. The third-order valence-electron chi connectivity index (χ3n) is 5.04. The first-order valence-electron chi connectivity index (χ1n) is 8.82. The van der Waals surface area contributed by atoms with Gasteiger partial charge >= 0.3 is 0 Å². The Bertz CT molecular complexity index is 486. The van der Waals surface area contributed by atoms with Crippen molar-refractivity contribution in [3.05, 3.63) is 35.9 Å². The number of hydrogen-bond donors (Lipinski definition) is 1. The topological polar surface area (TPSA) is 32.7 Å². The molecule has 4 heteroatoms. The zero-order chi connectivity index (χ0) is 17.1. The first-order chi connectivity index (χ1) is 10.8. The summed E-state index contributed by atoms with van der Waals surface area (Å²) in [6, 6.07) is 11.1. The lowest BCUT2D eigenvalue weighted by Gasteiger charge is -2.44. The number of nitrogens with zero attached hydrogens (tertiary/aromatic N) is 1. The van der Waals surface area contributed by atoms with E-state index in [0.717, 1.165) is 19.4 Å². The average Bonchev–Trinajstić information content (AvgIpc) is 2.85. The summed E-state index contributed by atoms with van der Waals surface area (Å²) in [5.41, 5.74) is 1.27. The van der Waals surface area contributed by atoms with Gasteiger partial charge in [-0.05, 0) is 36.9 Å². The number of benzene rings is 1. The lowest BCUT2D eigenvalue weighted by atomic mass is 9.85. The fourth-order valence-corrected chi connectivity index (χ4v) is 4.33. The van der Waals surface area contributed by atoms with Crippen molar-refractivity contribution < 1.29 is 9.53 Å². The maximum absolute atomic E-state index is 10.3. The van der Waals surface area contributed by atoms with Crippen LogP contribution in [-0.2, 0) is 11.0 Å². The minimum atomic E-state index is -1.10. The van der Waals surface area contributed by atoms with Crippen LogP contribution in [-0.4, -0.2) is 43.8 Å². The minimum Gasteiger partial charge on any atom is -0.419 e. The van der Waals surface area contributed by atoms with Crippen LogP contribution >= 0.6 is 0 Å². The van der Waals surface area contributed by atoms with E-state index < -0.39 is 9.04 Å². The van der Waals surface area contributed by atoms with E-state index in [1.807, 2.05) is 0 Å². The van der Waals surface area contributed by atoms with Crippen LogP contribution in [0.4, 0.5) is 0 Å². The van der Waals surface area contributed by atoms with Gasteiger partial charge in [0.1, 0.15) is 0 Å². The number of hydrogen-bond acceptors (Lipinski definition) is 3. The molecule has 2 rings (SSSR count). The lowest BCUT2D eigenvalue weighted by molar-refractivity contribution is -0.0222. The molecule has 23 heavy (non-hydrogen) atoms. The minimum absolute atomic E-state index is 0.174. The van der Waals surface area contributed by atoms with Crippen molar-refractivity contribution in [2.45, 2.75) is 64.8 Å². The zero-order valence-corrected chi connectivity index (χ0v) is 16.5. The molecule has 0 amide bonds. The molecule has 1 aliphatic rings. The second-order valence-corrected chi connectivity index (χ2v) is 10.7. The molecule has 1 heterocycles. The van der Waals surface area contributed by atoms with Crippen LogP contribution in [0.2, 0.25) is 13.1 Å². The fourth-order valence-electron chi connectivity index (χ4n) is 3.69. The Morgan fingerprint density at radius 1 is 1.26 bits per heavy atom. The Balaban J connectivity index is 2.28. The van der Waals surface area contributed by atoms with E-state index >= 15 is 0 Å². The monoisotopic (exact) mass is 335 g/mol. The highest BCUT2D eigenvalue weighted by Crippen LogP contribution is 2.43. The third-order valence-corrected chi connectivity index (χ3v) is 5.88. The molecule has 2 unspecified atom stereocenters. The third kappa shape index (κ3) is 4.44. The van der Waals surface area contributed by atoms with Gasteiger partial charge in [0, 0.05) is 12.6 Å². The Hall–Kier alpha value is -0.683. The van der Waals surface area contributed by atoms with Crippen molar-refractivity contribution in [2.24, 2.45) is 5.41 Å². The van der Waals surface area contributed by atoms with E-state index in [4.69, 9.17) is 4.43 Å². The van der Waals surface area contributed by atoms with Crippen LogP contribution in [0.25, 0.3) is 0 Å². The Labute approximate surface area is 143 Å². The summed E-state index contributed by atoms with van der Waals surface area (Å²) in [6.07, 6.45) is 2.14. The van der Waals surface area contributed by atoms with E-state index in [1.54, 1.807) is 0 Å². The smallest absolute Gasteiger partial charge is 0.170 e. The maximum atomic E-state index is 10.3. The molecule has 1 aromatic carbocycles. The molecular formula is C19H33NO2Si. The summed E-state index contributed by atoms with van der Waals surface area (Å²) in [4.78, 5) is 2.53. The SMILES string of the molecule is C[SiH](C)OCC1(CO)CCC(C(C)(C)C)N1Cc1ccccc1. The molecule has 0 aromatic heterocycles. The van der Waals surface area contributed by atoms with Crippen molar-refractivity contribution in [1.29, 1.82) is 0 Å². The number of aliphatic hydroxyl groups excluding tert-OH is 1. The predicted molar refractivity (Wildman–Crippen MR) is 99.1 cm³/mol. The van der Waals surface area contributed by atoms with Crippen molar-refractivity contribution >= 4 is 9.04 Å². The van der Waals surface area contributed by atoms with Gasteiger partial charge in [-0.3, -0.25) is 4.90 Å². The second-order valence-electron chi connectivity index (χ2n) is 8.28. The summed E-state index contributed by atoms with van der Waals surface area (Å²) in [7, 11) is -1.10. The normalized spacial score (nSPS) is 26.1. The molecule has 0 spiro atoms. The summed E-state index contributed by atoms with van der Waals surface area (Å²) < 4.78 is 6.09. The van der Waals surface area contributed by atoms with Crippen LogP contribution in [0.3, 0.4) is 0 Å². The van der Waals surface area contributed by atoms with Gasteiger partial charge in [-0.1, -0.05) is 51.1 Å². The standard InChI is InChI=1S/C19H33NO2Si/c1-18(2,3)17-11-12-19(14-21,15-22-23(4)5)20(17)13-16-9-7-6-8-10-16/h6-10,17,21,23H,11-15H2,1-5H3. The largest absolute Gasteiger partial charge is 0.419 e. The molecule has 1 aliphatic heterocycles. The molecule has 1 saturated heterocycles. The Morgan fingerprint density at radius 3 is 2.43 bits per heavy atom. The molecule has 0 bridgehead atoms. The quantitative estimate of drug-likeness (QED) is 0.809. The van der Waals surface area contributed by atoms with E-state index in [-0.39, 0.29) is 17.6 Å². The van der Waals surface area contributed by atoms with Gasteiger partial charge in [0.05, 0.1) is 18.8 Å². The number of likely N-dealkylation sites (tertiary alicyclic amines) is 1. The predicted octanol–water partition coefficient (Wildman–Crippen LogP) is 3.43. The fraction of sp³-hybridized carbons (Fsp3) is 0.684. The van der Waals surface area contributed by atoms with E-state index in [2.05, 4.69) is 69.1 Å². The van der Waals surface area contributed by atoms with Crippen LogP contribution < -0.4 is 0 Å². The van der Waals surface area contributed by atoms with Crippen molar-refractivity contribution in [2.75, 3.05) is 13.2 Å². The van der Waals surface area contributed by atoms with Gasteiger partial charge in [-0.2, -0.15) is 0 Å². The molecule has 130 valence electrons. The van der Waals surface area contributed by atoms with Gasteiger partial charge in [-0.25, -0.2) is 0 Å². The molecule has 1 fully saturated rings. The first kappa shape index (κ1) is 18.7. The maximum Gasteiger partial charge on any atom is 0.170 e. The second kappa shape index (κ2) is 7.47. The molecule has 3 nitrogen and oxygen atoms in total. The Morgan fingerprint density at radius 2 is 1.91 bits per heavy atom. The van der Waals surface area contributed by atoms with Crippen LogP contribution in [0.15, 0.2) is 30.3 Å². The number of rotatable bonds is 6. The summed E-state index contributed by atoms with van der Waals surface area (Å²) in [5, 5.41) is 10.3. The molecule has 0 aliphatic carbocycles. The van der Waals surface area contributed by atoms with E-state index in [9.17, 15) is 5.11 Å². The highest BCUT2D eigenvalue weighted by atomic mass is 28.3. The van der Waals surface area contributed by atoms with Gasteiger partial charge in [0.15, 0.2) is 9.04 Å². The van der Waals surface area contributed by atoms with Gasteiger partial charge in [-0.15, -0.1) is 0 Å². The lowest BCUT2D eigenvalue weighted by Crippen LogP contribution is -2.55. The molecular weight excluding hydrogens is 302 g/mol. The molecule has 1 N–H and O–H groups in total. The summed E-state index contributed by atoms with van der Waals surface area (Å²) >= 11 is 0. The highest BCUT2D eigenvalue weighted by molar-refractivity contribution is 6.48. The number of aliphatic hydroxyl groups is 1. The molecule has 0 radical (unpaired) electrons. The van der Waals surface area contributed by atoms with E-state index in [0.29, 0.717) is 12.6 Å². The van der Waals surface area contributed by atoms with Crippen LogP contribution in [0.5, 0.6) is 0 Å². The average molecular weight is 336 g/mol. The van der Waals surface area contributed by atoms with Crippen molar-refractivity contribution in [3.63, 3.8) is 0 Å². The van der Waals surface area contributed by atoms with Gasteiger partial charge < -0.3 is 9.53 Å². The summed E-state index contributed by atoms with van der Waals surface area (Å²) in [6.45, 7) is 13.0. The van der Waals surface area contributed by atoms with Gasteiger partial charge in [0.2, 0.25) is 0 Å². The highest BCUT2D eigenvalue weighted by Gasteiger charge is 2.49. The molecule has 0 saturated carbocycles. The Kier molecular flexibility index (Phi) is 6.06. The van der Waals surface area contributed by atoms with Crippen molar-refractivity contribution in [1.82, 2.24) is 4.90 Å². The first-order valence-corrected chi connectivity index (χ1v) is 11.6. The van der Waals surface area contributed by atoms with Crippen molar-refractivity contribution in [3.8, 4) is 0 Å². The van der Waals surface area contributed by atoms with E-state index in [1.165, 1.54) is 5.56 Å². The van der Waals surface area contributed by atoms with Crippen LogP contribution in [0, 0.1) is 5.41 Å². The molecule has 2 atom stereocenters. The molecule has 1 aromatic rings. The van der Waals surface area contributed by atoms with Crippen LogP contribution in [0.1, 0.15) is 39.2 Å². The summed E-state index contributed by atoms with van der Waals surface area (Å²) in [5.74, 6) is 0. The van der Waals surface area contributed by atoms with Gasteiger partial charge in [0.25, 0.3) is 0 Å².